The van der Waals surface area contributed by atoms with Gasteiger partial charge in [-0.25, -0.2) is 0 Å². The largest absolute Gasteiger partial charge is 0.378 e. The summed E-state index contributed by atoms with van der Waals surface area (Å²) in [4.78, 5) is 29.9. The Balaban J connectivity index is 1.47. The van der Waals surface area contributed by atoms with Crippen molar-refractivity contribution in [2.45, 2.75) is 24.3 Å². The van der Waals surface area contributed by atoms with Crippen molar-refractivity contribution in [1.82, 2.24) is 14.4 Å². The normalized spacial score (nSPS) is 17.6. The number of carbonyl (C=O) groups excluding carboxylic acids is 2. The van der Waals surface area contributed by atoms with Crippen molar-refractivity contribution >= 4 is 34.5 Å². The summed E-state index contributed by atoms with van der Waals surface area (Å²) in [7, 11) is 0. The Hall–Kier alpha value is -1.99. The SMILES string of the molecule is O=C(CSc1cn(CC(=O)N2CCCC2)c2ccccc12)N1CCOCC1. The molecule has 4 rings (SSSR count). The van der Waals surface area contributed by atoms with Gasteiger partial charge in [0.2, 0.25) is 11.8 Å². The molecule has 1 aromatic carbocycles. The number of likely N-dealkylation sites (tertiary alicyclic amines) is 1. The van der Waals surface area contributed by atoms with Crippen molar-refractivity contribution < 1.29 is 14.3 Å². The van der Waals surface area contributed by atoms with Crippen LogP contribution < -0.4 is 0 Å². The minimum atomic E-state index is 0.147. The zero-order valence-electron chi connectivity index (χ0n) is 15.4. The molecule has 2 saturated heterocycles. The molecule has 6 nitrogen and oxygen atoms in total. The second-order valence-corrected chi connectivity index (χ2v) is 8.03. The van der Waals surface area contributed by atoms with Gasteiger partial charge in [-0.1, -0.05) is 18.2 Å². The van der Waals surface area contributed by atoms with Crippen LogP contribution in [-0.4, -0.2) is 71.3 Å². The lowest BCUT2D eigenvalue weighted by atomic mass is 10.2. The molecule has 0 aliphatic carbocycles. The highest BCUT2D eigenvalue weighted by molar-refractivity contribution is 8.00. The maximum atomic E-state index is 12.6. The number of aromatic nitrogens is 1. The zero-order valence-corrected chi connectivity index (χ0v) is 16.2. The minimum Gasteiger partial charge on any atom is -0.378 e. The third-order valence-electron chi connectivity index (χ3n) is 5.23. The zero-order chi connectivity index (χ0) is 18.6. The molecular formula is C20H25N3O3S. The molecule has 0 N–H and O–H groups in total. The van der Waals surface area contributed by atoms with E-state index in [1.807, 2.05) is 38.8 Å². The summed E-state index contributed by atoms with van der Waals surface area (Å²) in [5.74, 6) is 0.733. The quantitative estimate of drug-likeness (QED) is 0.738. The van der Waals surface area contributed by atoms with E-state index in [-0.39, 0.29) is 11.8 Å². The van der Waals surface area contributed by atoms with Gasteiger partial charge in [0.05, 0.1) is 19.0 Å². The number of fused-ring (bicyclic) bond motifs is 1. The van der Waals surface area contributed by atoms with Gasteiger partial charge in [0.1, 0.15) is 6.54 Å². The molecule has 2 amide bonds. The summed E-state index contributed by atoms with van der Waals surface area (Å²) in [6.07, 6.45) is 4.22. The van der Waals surface area contributed by atoms with Crippen molar-refractivity contribution in [1.29, 1.82) is 0 Å². The molecule has 2 fully saturated rings. The van der Waals surface area contributed by atoms with Crippen molar-refractivity contribution in [3.63, 3.8) is 0 Å². The summed E-state index contributed by atoms with van der Waals surface area (Å²) in [6.45, 7) is 4.68. The van der Waals surface area contributed by atoms with Crippen LogP contribution in [-0.2, 0) is 20.9 Å². The maximum absolute atomic E-state index is 12.6. The third-order valence-corrected chi connectivity index (χ3v) is 6.26. The number of morpholine rings is 1. The summed E-state index contributed by atoms with van der Waals surface area (Å²) in [6, 6.07) is 8.10. The predicted octanol–water partition coefficient (Wildman–Crippen LogP) is 2.21. The Labute approximate surface area is 163 Å². The molecule has 0 unspecified atom stereocenters. The average Bonchev–Trinajstić information content (AvgIpc) is 3.36. The third kappa shape index (κ3) is 4.14. The standard InChI is InChI=1S/C20H25N3O3S/c24-19(21-7-3-4-8-21)14-23-13-18(16-5-1-2-6-17(16)23)27-15-20(25)22-9-11-26-12-10-22/h1-2,5-6,13H,3-4,7-12,14-15H2. The van der Waals surface area contributed by atoms with Gasteiger partial charge in [-0.05, 0) is 18.9 Å². The average molecular weight is 388 g/mol. The fraction of sp³-hybridized carbons (Fsp3) is 0.500. The fourth-order valence-electron chi connectivity index (χ4n) is 3.71. The first-order valence-corrected chi connectivity index (χ1v) is 10.5. The van der Waals surface area contributed by atoms with Gasteiger partial charge < -0.3 is 19.1 Å². The van der Waals surface area contributed by atoms with Gasteiger partial charge >= 0.3 is 0 Å². The smallest absolute Gasteiger partial charge is 0.242 e. The van der Waals surface area contributed by atoms with E-state index in [0.29, 0.717) is 38.6 Å². The molecule has 144 valence electrons. The molecule has 1 aromatic heterocycles. The molecule has 0 saturated carbocycles. The van der Waals surface area contributed by atoms with E-state index in [1.54, 1.807) is 11.8 Å². The molecule has 2 aliphatic rings. The number of rotatable bonds is 5. The minimum absolute atomic E-state index is 0.147. The fourth-order valence-corrected chi connectivity index (χ4v) is 4.71. The van der Waals surface area contributed by atoms with Gasteiger partial charge in [0.15, 0.2) is 0 Å². The van der Waals surface area contributed by atoms with Crippen LogP contribution in [0.3, 0.4) is 0 Å². The van der Waals surface area contributed by atoms with Gasteiger partial charge in [-0.15, -0.1) is 11.8 Å². The van der Waals surface area contributed by atoms with Crippen LogP contribution in [0.5, 0.6) is 0 Å². The Bertz CT molecular complexity index is 823. The Morgan fingerprint density at radius 3 is 2.44 bits per heavy atom. The topological polar surface area (TPSA) is 54.8 Å². The number of thioether (sulfide) groups is 1. The van der Waals surface area contributed by atoms with Gasteiger partial charge in [-0.3, -0.25) is 9.59 Å². The Morgan fingerprint density at radius 2 is 1.67 bits per heavy atom. The Morgan fingerprint density at radius 1 is 0.963 bits per heavy atom. The highest BCUT2D eigenvalue weighted by atomic mass is 32.2. The number of ether oxygens (including phenoxy) is 1. The molecule has 2 aromatic rings. The van der Waals surface area contributed by atoms with Crippen molar-refractivity contribution in [3.8, 4) is 0 Å². The summed E-state index contributed by atoms with van der Waals surface area (Å²) in [5, 5.41) is 1.10. The van der Waals surface area contributed by atoms with E-state index in [0.717, 1.165) is 41.7 Å². The van der Waals surface area contributed by atoms with Crippen LogP contribution >= 0.6 is 11.8 Å². The van der Waals surface area contributed by atoms with Crippen LogP contribution in [0.2, 0.25) is 0 Å². The summed E-state index contributed by atoms with van der Waals surface area (Å²) >= 11 is 1.55. The maximum Gasteiger partial charge on any atom is 0.242 e. The molecule has 0 bridgehead atoms. The van der Waals surface area contributed by atoms with Crippen LogP contribution in [0.15, 0.2) is 35.4 Å². The lowest BCUT2D eigenvalue weighted by Gasteiger charge is -2.26. The summed E-state index contributed by atoms with van der Waals surface area (Å²) in [5.41, 5.74) is 1.05. The lowest BCUT2D eigenvalue weighted by molar-refractivity contribution is -0.132. The van der Waals surface area contributed by atoms with Crippen LogP contribution in [0.4, 0.5) is 0 Å². The molecule has 27 heavy (non-hydrogen) atoms. The molecule has 7 heteroatoms. The number of nitrogens with zero attached hydrogens (tertiary/aromatic N) is 3. The second kappa shape index (κ2) is 8.35. The van der Waals surface area contributed by atoms with E-state index < -0.39 is 0 Å². The number of hydrogen-bond donors (Lipinski definition) is 0. The van der Waals surface area contributed by atoms with Crippen LogP contribution in [0.25, 0.3) is 10.9 Å². The van der Waals surface area contributed by atoms with Crippen molar-refractivity contribution in [2.75, 3.05) is 45.1 Å². The molecule has 2 aliphatic heterocycles. The highest BCUT2D eigenvalue weighted by Gasteiger charge is 2.21. The number of hydrogen-bond acceptors (Lipinski definition) is 4. The molecular weight excluding hydrogens is 362 g/mol. The highest BCUT2D eigenvalue weighted by Crippen LogP contribution is 2.30. The van der Waals surface area contributed by atoms with Gasteiger partial charge in [0.25, 0.3) is 0 Å². The van der Waals surface area contributed by atoms with Gasteiger partial charge in [0, 0.05) is 48.2 Å². The number of amides is 2. The summed E-state index contributed by atoms with van der Waals surface area (Å²) < 4.78 is 7.34. The van der Waals surface area contributed by atoms with Crippen LogP contribution in [0, 0.1) is 0 Å². The first-order chi connectivity index (χ1) is 13.2. The first kappa shape index (κ1) is 18.4. The van der Waals surface area contributed by atoms with E-state index in [2.05, 4.69) is 6.07 Å². The van der Waals surface area contributed by atoms with E-state index in [9.17, 15) is 9.59 Å². The number of benzene rings is 1. The van der Waals surface area contributed by atoms with Crippen LogP contribution in [0.1, 0.15) is 12.8 Å². The predicted molar refractivity (Wildman–Crippen MR) is 106 cm³/mol. The molecule has 0 atom stereocenters. The van der Waals surface area contributed by atoms with Crippen molar-refractivity contribution in [2.24, 2.45) is 0 Å². The van der Waals surface area contributed by atoms with Gasteiger partial charge in [-0.2, -0.15) is 0 Å². The van der Waals surface area contributed by atoms with E-state index in [1.165, 1.54) is 0 Å². The second-order valence-electron chi connectivity index (χ2n) is 7.01. The van der Waals surface area contributed by atoms with Crippen molar-refractivity contribution in [3.05, 3.63) is 30.5 Å². The first-order valence-electron chi connectivity index (χ1n) is 9.56. The number of carbonyl (C=O) groups is 2. The number of para-hydroxylation sites is 1. The molecule has 3 heterocycles. The monoisotopic (exact) mass is 387 g/mol. The molecule has 0 radical (unpaired) electrons. The van der Waals surface area contributed by atoms with E-state index >= 15 is 0 Å². The molecule has 0 spiro atoms. The Kier molecular flexibility index (Phi) is 5.69. The lowest BCUT2D eigenvalue weighted by Crippen LogP contribution is -2.41. The van der Waals surface area contributed by atoms with E-state index in [4.69, 9.17) is 4.74 Å².